The zero-order valence-electron chi connectivity index (χ0n) is 23.4. The highest BCUT2D eigenvalue weighted by Gasteiger charge is 2.44. The fraction of sp³-hybridized carbons (Fsp3) is 0.625. The third kappa shape index (κ3) is 6.99. The van der Waals surface area contributed by atoms with Crippen LogP contribution in [0.4, 0.5) is 17.6 Å². The van der Waals surface area contributed by atoms with Crippen molar-refractivity contribution in [3.63, 3.8) is 0 Å². The van der Waals surface area contributed by atoms with Crippen LogP contribution in [0.5, 0.6) is 5.75 Å². The van der Waals surface area contributed by atoms with Crippen molar-refractivity contribution in [1.82, 2.24) is 0 Å². The molecule has 5 rings (SSSR count). The summed E-state index contributed by atoms with van der Waals surface area (Å²) < 4.78 is 76.3. The summed E-state index contributed by atoms with van der Waals surface area (Å²) in [6, 6.07) is 8.94. The molecule has 0 amide bonds. The second-order valence-electron chi connectivity index (χ2n) is 11.8. The normalized spacial score (nSPS) is 29.8. The molecular weight excluding hydrogens is 540 g/mol. The Morgan fingerprint density at radius 1 is 0.850 bits per heavy atom. The van der Waals surface area contributed by atoms with Crippen molar-refractivity contribution in [2.24, 2.45) is 23.7 Å². The highest BCUT2D eigenvalue weighted by Crippen LogP contribution is 2.44. The average Bonchev–Trinajstić information content (AvgIpc) is 2.95. The van der Waals surface area contributed by atoms with E-state index in [0.717, 1.165) is 12.0 Å². The van der Waals surface area contributed by atoms with Gasteiger partial charge in [-0.15, -0.1) is 11.8 Å². The van der Waals surface area contributed by atoms with Crippen molar-refractivity contribution in [3.8, 4) is 5.75 Å². The van der Waals surface area contributed by atoms with Crippen LogP contribution < -0.4 is 4.74 Å². The first kappa shape index (κ1) is 29.7. The fourth-order valence-corrected chi connectivity index (χ4v) is 7.23. The Morgan fingerprint density at radius 2 is 1.55 bits per heavy atom. The topological polar surface area (TPSA) is 27.7 Å². The average molecular weight is 581 g/mol. The highest BCUT2D eigenvalue weighted by molar-refractivity contribution is 7.99. The number of hydrogen-bond donors (Lipinski definition) is 0. The summed E-state index contributed by atoms with van der Waals surface area (Å²) >= 11 is 1.31. The molecule has 3 nitrogen and oxygen atoms in total. The first-order chi connectivity index (χ1) is 19.2. The lowest BCUT2D eigenvalue weighted by Gasteiger charge is -2.37. The van der Waals surface area contributed by atoms with Crippen LogP contribution in [0.25, 0.3) is 0 Å². The molecule has 220 valence electrons. The second-order valence-corrected chi connectivity index (χ2v) is 13.1. The van der Waals surface area contributed by atoms with E-state index in [1.807, 2.05) is 13.0 Å². The molecule has 0 unspecified atom stereocenters. The molecule has 2 aromatic rings. The Hall–Kier alpha value is -1.77. The predicted molar refractivity (Wildman–Crippen MR) is 149 cm³/mol. The molecule has 1 saturated heterocycles. The van der Waals surface area contributed by atoms with Crippen LogP contribution in [0.1, 0.15) is 88.5 Å². The summed E-state index contributed by atoms with van der Waals surface area (Å²) in [6.45, 7) is 5.46. The molecule has 1 aliphatic heterocycles. The zero-order valence-corrected chi connectivity index (χ0v) is 24.2. The smallest absolute Gasteiger partial charge is 0.400 e. The molecule has 8 heteroatoms. The summed E-state index contributed by atoms with van der Waals surface area (Å²) in [4.78, 5) is 0.409. The molecule has 40 heavy (non-hydrogen) atoms. The van der Waals surface area contributed by atoms with Crippen molar-refractivity contribution < 1.29 is 31.8 Å². The van der Waals surface area contributed by atoms with Crippen molar-refractivity contribution in [3.05, 3.63) is 59.2 Å². The van der Waals surface area contributed by atoms with Crippen molar-refractivity contribution in [1.29, 1.82) is 0 Å². The van der Waals surface area contributed by atoms with Crippen LogP contribution in [0.15, 0.2) is 41.3 Å². The molecule has 0 aromatic heterocycles. The molecule has 0 bridgehead atoms. The zero-order chi connectivity index (χ0) is 28.3. The molecule has 3 fully saturated rings. The van der Waals surface area contributed by atoms with Crippen molar-refractivity contribution in [2.75, 3.05) is 19.0 Å². The number of hydrogen-bond acceptors (Lipinski definition) is 4. The third-order valence-electron chi connectivity index (χ3n) is 9.05. The molecule has 0 atom stereocenters. The first-order valence-corrected chi connectivity index (χ1v) is 15.7. The molecule has 3 aliphatic rings. The van der Waals surface area contributed by atoms with Gasteiger partial charge in [0.2, 0.25) is 0 Å². The van der Waals surface area contributed by atoms with Gasteiger partial charge in [0, 0.05) is 22.4 Å². The highest BCUT2D eigenvalue weighted by atomic mass is 32.2. The van der Waals surface area contributed by atoms with Crippen molar-refractivity contribution >= 4 is 11.8 Å². The van der Waals surface area contributed by atoms with Gasteiger partial charge in [-0.1, -0.05) is 38.8 Å². The SMILES string of the molecule is CCSc1ccc(OC(F)(F)C2CCC(c3ccc(C4OCC(C5CCC(C)CC5)CO4)cc3F)CC2)cc1F. The fourth-order valence-electron chi connectivity index (χ4n) is 6.56. The van der Waals surface area contributed by atoms with E-state index < -0.39 is 24.1 Å². The van der Waals surface area contributed by atoms with Crippen LogP contribution in [0.2, 0.25) is 0 Å². The van der Waals surface area contributed by atoms with Gasteiger partial charge in [-0.05, 0) is 85.8 Å². The molecule has 0 spiro atoms. The van der Waals surface area contributed by atoms with Crippen LogP contribution in [-0.4, -0.2) is 25.1 Å². The Labute approximate surface area is 239 Å². The molecule has 0 radical (unpaired) electrons. The van der Waals surface area contributed by atoms with Crippen molar-refractivity contribution in [2.45, 2.75) is 88.4 Å². The van der Waals surface area contributed by atoms with E-state index >= 15 is 4.39 Å². The second kappa shape index (κ2) is 13.0. The monoisotopic (exact) mass is 580 g/mol. The van der Waals surface area contributed by atoms with Crippen LogP contribution in [0.3, 0.4) is 0 Å². The molecule has 0 N–H and O–H groups in total. The van der Waals surface area contributed by atoms with Gasteiger partial charge in [0.1, 0.15) is 17.4 Å². The minimum Gasteiger partial charge on any atom is -0.432 e. The molecule has 1 heterocycles. The number of halogens is 4. The van der Waals surface area contributed by atoms with Crippen LogP contribution in [-0.2, 0) is 9.47 Å². The number of rotatable bonds is 8. The maximum Gasteiger partial charge on any atom is 0.400 e. The maximum absolute atomic E-state index is 15.2. The van der Waals surface area contributed by atoms with E-state index in [-0.39, 0.29) is 30.3 Å². The molecular formula is C32H40F4O3S. The van der Waals surface area contributed by atoms with Gasteiger partial charge < -0.3 is 14.2 Å². The van der Waals surface area contributed by atoms with Gasteiger partial charge in [-0.3, -0.25) is 0 Å². The molecule has 2 saturated carbocycles. The maximum atomic E-state index is 15.2. The summed E-state index contributed by atoms with van der Waals surface area (Å²) in [5, 5.41) is 0. The lowest BCUT2D eigenvalue weighted by Crippen LogP contribution is -2.37. The van der Waals surface area contributed by atoms with Gasteiger partial charge in [-0.2, -0.15) is 8.78 Å². The minimum atomic E-state index is -3.43. The third-order valence-corrected chi connectivity index (χ3v) is 9.98. The quantitative estimate of drug-likeness (QED) is 0.230. The predicted octanol–water partition coefficient (Wildman–Crippen LogP) is 9.51. The Kier molecular flexibility index (Phi) is 9.68. The van der Waals surface area contributed by atoms with E-state index in [2.05, 4.69) is 6.92 Å². The molecule has 2 aliphatic carbocycles. The Morgan fingerprint density at radius 3 is 2.17 bits per heavy atom. The number of ether oxygens (including phenoxy) is 3. The van der Waals surface area contributed by atoms with Gasteiger partial charge in [0.05, 0.1) is 19.1 Å². The summed E-state index contributed by atoms with van der Waals surface area (Å²) in [7, 11) is 0. The minimum absolute atomic E-state index is 0.143. The lowest BCUT2D eigenvalue weighted by molar-refractivity contribution is -0.222. The Bertz CT molecular complexity index is 1120. The van der Waals surface area contributed by atoms with Gasteiger partial charge >= 0.3 is 6.11 Å². The number of benzene rings is 2. The standard InChI is InChI=1S/C32H40F4O3S/c1-3-40-30-15-13-26(17-29(30)34)39-32(35,36)25-11-8-22(9-12-25)27-14-10-23(16-28(27)33)31-37-18-24(19-38-31)21-6-4-20(2)5-7-21/h10,13-17,20-22,24-25,31H,3-9,11-12,18-19H2,1-2H3. The van der Waals surface area contributed by atoms with E-state index in [1.54, 1.807) is 6.07 Å². The summed E-state index contributed by atoms with van der Waals surface area (Å²) in [5.74, 6) is 0.263. The van der Waals surface area contributed by atoms with Gasteiger partial charge in [0.25, 0.3) is 0 Å². The molecule has 2 aromatic carbocycles. The van der Waals surface area contributed by atoms with Gasteiger partial charge in [-0.25, -0.2) is 8.78 Å². The van der Waals surface area contributed by atoms with Crippen LogP contribution in [0, 0.1) is 35.3 Å². The summed E-state index contributed by atoms with van der Waals surface area (Å²) in [5.41, 5.74) is 1.20. The van der Waals surface area contributed by atoms with E-state index in [1.165, 1.54) is 55.6 Å². The van der Waals surface area contributed by atoms with Gasteiger partial charge in [0.15, 0.2) is 6.29 Å². The van der Waals surface area contributed by atoms with Crippen LogP contribution >= 0.6 is 11.8 Å². The van der Waals surface area contributed by atoms with E-state index in [9.17, 15) is 13.2 Å². The first-order valence-electron chi connectivity index (χ1n) is 14.7. The number of alkyl halides is 2. The largest absolute Gasteiger partial charge is 0.432 e. The van der Waals surface area contributed by atoms with E-state index in [0.29, 0.717) is 59.7 Å². The Balaban J connectivity index is 1.13. The summed E-state index contributed by atoms with van der Waals surface area (Å²) in [6.07, 6.45) is 2.20. The lowest BCUT2D eigenvalue weighted by atomic mass is 9.76. The van der Waals surface area contributed by atoms with E-state index in [4.69, 9.17) is 14.2 Å². The number of thioether (sulfide) groups is 1.